The second kappa shape index (κ2) is 7.64. The monoisotopic (exact) mass is 246 g/mol. The molecule has 0 aliphatic carbocycles. The molecule has 0 fully saturated rings. The molecule has 0 bridgehead atoms. The van der Waals surface area contributed by atoms with Gasteiger partial charge < -0.3 is 4.90 Å². The van der Waals surface area contributed by atoms with E-state index >= 15 is 0 Å². The molecule has 0 unspecified atom stereocenters. The van der Waals surface area contributed by atoms with Crippen LogP contribution in [0, 0.1) is 0 Å². The van der Waals surface area contributed by atoms with Crippen molar-refractivity contribution < 1.29 is 4.79 Å². The number of carbonyl (C=O) groups excluding carboxylic acids is 1. The number of amides is 1. The molecule has 0 saturated heterocycles. The summed E-state index contributed by atoms with van der Waals surface area (Å²) < 4.78 is 0. The summed E-state index contributed by atoms with van der Waals surface area (Å²) in [4.78, 5) is 18.0. The van der Waals surface area contributed by atoms with E-state index < -0.39 is 0 Å². The molecular weight excluding hydrogens is 224 g/mol. The van der Waals surface area contributed by atoms with E-state index in [9.17, 15) is 4.79 Å². The summed E-state index contributed by atoms with van der Waals surface area (Å²) in [5.41, 5.74) is 2.11. The summed E-state index contributed by atoms with van der Waals surface area (Å²) in [6, 6.07) is 3.95. The fraction of sp³-hybridized carbons (Fsp3) is 0.467. The van der Waals surface area contributed by atoms with Crippen LogP contribution in [0.2, 0.25) is 0 Å². The number of hydrogen-bond donors (Lipinski definition) is 0. The zero-order valence-electron chi connectivity index (χ0n) is 11.4. The SMILES string of the molecule is C=Cc1ccnc(CCCC(=O)N(CC)CC)c1. The molecule has 0 atom stereocenters. The standard InChI is InChI=1S/C15H22N2O/c1-4-13-10-11-16-14(12-13)8-7-9-15(18)17(5-2)6-3/h4,10-12H,1,5-9H2,2-3H3. The summed E-state index contributed by atoms with van der Waals surface area (Å²) in [7, 11) is 0. The number of aromatic nitrogens is 1. The Balaban J connectivity index is 2.41. The number of rotatable bonds is 7. The van der Waals surface area contributed by atoms with Crippen LogP contribution in [0.1, 0.15) is 37.9 Å². The van der Waals surface area contributed by atoms with Crippen molar-refractivity contribution in [1.82, 2.24) is 9.88 Å². The Morgan fingerprint density at radius 3 is 2.78 bits per heavy atom. The highest BCUT2D eigenvalue weighted by Gasteiger charge is 2.08. The highest BCUT2D eigenvalue weighted by Crippen LogP contribution is 2.07. The molecule has 1 aromatic rings. The maximum absolute atomic E-state index is 11.8. The summed E-state index contributed by atoms with van der Waals surface area (Å²) in [6.45, 7) is 9.34. The van der Waals surface area contributed by atoms with Crippen molar-refractivity contribution in [3.63, 3.8) is 0 Å². The summed E-state index contributed by atoms with van der Waals surface area (Å²) >= 11 is 0. The molecule has 0 radical (unpaired) electrons. The lowest BCUT2D eigenvalue weighted by Crippen LogP contribution is -2.30. The van der Waals surface area contributed by atoms with Gasteiger partial charge in [0.1, 0.15) is 0 Å². The van der Waals surface area contributed by atoms with Crippen LogP contribution in [0.4, 0.5) is 0 Å². The van der Waals surface area contributed by atoms with Crippen molar-refractivity contribution in [3.05, 3.63) is 36.2 Å². The van der Waals surface area contributed by atoms with Gasteiger partial charge in [0.15, 0.2) is 0 Å². The van der Waals surface area contributed by atoms with Crippen LogP contribution in [0.5, 0.6) is 0 Å². The molecule has 3 nitrogen and oxygen atoms in total. The maximum atomic E-state index is 11.8. The number of aryl methyl sites for hydroxylation is 1. The molecule has 0 aromatic carbocycles. The van der Waals surface area contributed by atoms with E-state index in [2.05, 4.69) is 11.6 Å². The van der Waals surface area contributed by atoms with Gasteiger partial charge in [0, 0.05) is 31.4 Å². The topological polar surface area (TPSA) is 33.2 Å². The molecule has 0 saturated carbocycles. The molecule has 0 aliphatic rings. The molecule has 1 amide bonds. The highest BCUT2D eigenvalue weighted by molar-refractivity contribution is 5.76. The first-order valence-electron chi connectivity index (χ1n) is 6.56. The summed E-state index contributed by atoms with van der Waals surface area (Å²) in [5, 5.41) is 0. The van der Waals surface area contributed by atoms with Gasteiger partial charge in [-0.3, -0.25) is 9.78 Å². The van der Waals surface area contributed by atoms with E-state index in [4.69, 9.17) is 0 Å². The Kier molecular flexibility index (Phi) is 6.12. The number of nitrogens with zero attached hydrogens (tertiary/aromatic N) is 2. The molecule has 1 rings (SSSR count). The predicted octanol–water partition coefficient (Wildman–Crippen LogP) is 2.92. The first-order chi connectivity index (χ1) is 8.71. The lowest BCUT2D eigenvalue weighted by molar-refractivity contribution is -0.130. The van der Waals surface area contributed by atoms with Gasteiger partial charge in [-0.25, -0.2) is 0 Å². The molecule has 0 N–H and O–H groups in total. The second-order valence-electron chi connectivity index (χ2n) is 4.20. The predicted molar refractivity (Wildman–Crippen MR) is 75.2 cm³/mol. The van der Waals surface area contributed by atoms with Gasteiger partial charge in [0.2, 0.25) is 5.91 Å². The molecule has 1 heterocycles. The van der Waals surface area contributed by atoms with Gasteiger partial charge in [0.05, 0.1) is 0 Å². The normalized spacial score (nSPS) is 10.1. The van der Waals surface area contributed by atoms with Crippen LogP contribution in [0.15, 0.2) is 24.9 Å². The van der Waals surface area contributed by atoms with Crippen molar-refractivity contribution in [2.45, 2.75) is 33.1 Å². The fourth-order valence-corrected chi connectivity index (χ4v) is 1.92. The van der Waals surface area contributed by atoms with Crippen molar-refractivity contribution in [1.29, 1.82) is 0 Å². The van der Waals surface area contributed by atoms with E-state index in [1.807, 2.05) is 37.0 Å². The minimum atomic E-state index is 0.236. The van der Waals surface area contributed by atoms with E-state index in [0.29, 0.717) is 6.42 Å². The molecule has 3 heteroatoms. The zero-order chi connectivity index (χ0) is 13.4. The smallest absolute Gasteiger partial charge is 0.222 e. The van der Waals surface area contributed by atoms with E-state index in [1.54, 1.807) is 6.20 Å². The lowest BCUT2D eigenvalue weighted by Gasteiger charge is -2.18. The molecule has 98 valence electrons. The van der Waals surface area contributed by atoms with Gasteiger partial charge in [0.25, 0.3) is 0 Å². The van der Waals surface area contributed by atoms with E-state index in [-0.39, 0.29) is 5.91 Å². The minimum Gasteiger partial charge on any atom is -0.343 e. The molecule has 18 heavy (non-hydrogen) atoms. The number of hydrogen-bond acceptors (Lipinski definition) is 2. The maximum Gasteiger partial charge on any atom is 0.222 e. The fourth-order valence-electron chi connectivity index (χ4n) is 1.92. The summed E-state index contributed by atoms with van der Waals surface area (Å²) in [5.74, 6) is 0.236. The van der Waals surface area contributed by atoms with Crippen LogP contribution in [0.25, 0.3) is 6.08 Å². The third-order valence-electron chi connectivity index (χ3n) is 3.02. The van der Waals surface area contributed by atoms with E-state index in [1.165, 1.54) is 0 Å². The van der Waals surface area contributed by atoms with Crippen LogP contribution in [-0.2, 0) is 11.2 Å². The van der Waals surface area contributed by atoms with Gasteiger partial charge in [-0.2, -0.15) is 0 Å². The molecule has 0 aliphatic heterocycles. The Bertz CT molecular complexity index is 397. The first-order valence-corrected chi connectivity index (χ1v) is 6.56. The largest absolute Gasteiger partial charge is 0.343 e. The third kappa shape index (κ3) is 4.32. The minimum absolute atomic E-state index is 0.236. The van der Waals surface area contributed by atoms with Crippen LogP contribution >= 0.6 is 0 Å². The van der Waals surface area contributed by atoms with Gasteiger partial charge in [-0.05, 0) is 44.4 Å². The van der Waals surface area contributed by atoms with Crippen molar-refractivity contribution in [3.8, 4) is 0 Å². The Morgan fingerprint density at radius 2 is 2.17 bits per heavy atom. The van der Waals surface area contributed by atoms with Crippen molar-refractivity contribution >= 4 is 12.0 Å². The lowest BCUT2D eigenvalue weighted by atomic mass is 10.1. The molecule has 1 aromatic heterocycles. The van der Waals surface area contributed by atoms with Crippen LogP contribution in [0.3, 0.4) is 0 Å². The first kappa shape index (κ1) is 14.4. The molecule has 0 spiro atoms. The summed E-state index contributed by atoms with van der Waals surface area (Å²) in [6.07, 6.45) is 5.89. The number of pyridine rings is 1. The van der Waals surface area contributed by atoms with Gasteiger partial charge in [-0.15, -0.1) is 0 Å². The Morgan fingerprint density at radius 1 is 1.44 bits per heavy atom. The highest BCUT2D eigenvalue weighted by atomic mass is 16.2. The quantitative estimate of drug-likeness (QED) is 0.741. The van der Waals surface area contributed by atoms with Gasteiger partial charge >= 0.3 is 0 Å². The van der Waals surface area contributed by atoms with Crippen LogP contribution in [-0.4, -0.2) is 28.9 Å². The van der Waals surface area contributed by atoms with E-state index in [0.717, 1.165) is 37.2 Å². The van der Waals surface area contributed by atoms with Crippen LogP contribution < -0.4 is 0 Å². The molecular formula is C15H22N2O. The van der Waals surface area contributed by atoms with Crippen molar-refractivity contribution in [2.24, 2.45) is 0 Å². The average Bonchev–Trinajstić information content (AvgIpc) is 2.40. The number of carbonyl (C=O) groups is 1. The van der Waals surface area contributed by atoms with Crippen molar-refractivity contribution in [2.75, 3.05) is 13.1 Å². The average molecular weight is 246 g/mol. The zero-order valence-corrected chi connectivity index (χ0v) is 11.4. The third-order valence-corrected chi connectivity index (χ3v) is 3.02. The Labute approximate surface area is 110 Å². The Hall–Kier alpha value is -1.64. The second-order valence-corrected chi connectivity index (χ2v) is 4.20. The van der Waals surface area contributed by atoms with Gasteiger partial charge in [-0.1, -0.05) is 12.7 Å².